The van der Waals surface area contributed by atoms with Crippen molar-refractivity contribution in [2.45, 2.75) is 109 Å². The lowest BCUT2D eigenvalue weighted by Crippen LogP contribution is -2.68. The largest absolute Gasteiger partial charge is 0.411 e. The topological polar surface area (TPSA) is 44.8 Å². The number of carbonyl (C=O) groups is 1. The molecule has 0 spiro atoms. The average molecular weight is 581 g/mol. The standard InChI is InChI=1S/C34H52O4Si2/c1-10-27(37-39(8,9)33(2,3)4)23-24-31-30(22-17-25-35)32(26-36-31)38-40(34(5,6)7,28-18-13-11-14-19-28)29-20-15-12-16-21-29/h11-16,18-21,23-25,27,30-32H,10,17,22,26H2,1-9H3/b24-23+. The first-order chi connectivity index (χ1) is 18.8. The fourth-order valence-electron chi connectivity index (χ4n) is 5.56. The van der Waals surface area contributed by atoms with Crippen molar-refractivity contribution in [1.29, 1.82) is 0 Å². The molecule has 4 atom stereocenters. The number of ether oxygens (including phenoxy) is 1. The quantitative estimate of drug-likeness (QED) is 0.150. The molecular weight excluding hydrogens is 529 g/mol. The van der Waals surface area contributed by atoms with Crippen LogP contribution in [0.15, 0.2) is 72.8 Å². The van der Waals surface area contributed by atoms with Crippen LogP contribution in [-0.4, -0.2) is 47.8 Å². The molecule has 0 saturated carbocycles. The van der Waals surface area contributed by atoms with Crippen molar-refractivity contribution in [1.82, 2.24) is 0 Å². The highest BCUT2D eigenvalue weighted by molar-refractivity contribution is 6.99. The van der Waals surface area contributed by atoms with Crippen molar-refractivity contribution < 1.29 is 18.4 Å². The minimum absolute atomic E-state index is 0.0489. The van der Waals surface area contributed by atoms with Crippen LogP contribution in [0, 0.1) is 5.92 Å². The molecule has 1 heterocycles. The van der Waals surface area contributed by atoms with Gasteiger partial charge in [-0.2, -0.15) is 0 Å². The Kier molecular flexibility index (Phi) is 11.0. The molecule has 1 fully saturated rings. The van der Waals surface area contributed by atoms with Gasteiger partial charge in [0.1, 0.15) is 6.29 Å². The van der Waals surface area contributed by atoms with Gasteiger partial charge in [0, 0.05) is 12.3 Å². The van der Waals surface area contributed by atoms with Crippen molar-refractivity contribution in [3.05, 3.63) is 72.8 Å². The molecule has 0 aliphatic carbocycles. The summed E-state index contributed by atoms with van der Waals surface area (Å²) < 4.78 is 20.6. The van der Waals surface area contributed by atoms with E-state index in [9.17, 15) is 4.79 Å². The maximum absolute atomic E-state index is 11.5. The number of hydrogen-bond donors (Lipinski definition) is 0. The van der Waals surface area contributed by atoms with Crippen LogP contribution < -0.4 is 10.4 Å². The molecule has 0 radical (unpaired) electrons. The third-order valence-corrected chi connectivity index (χ3v) is 18.5. The van der Waals surface area contributed by atoms with Gasteiger partial charge in [0.15, 0.2) is 8.32 Å². The smallest absolute Gasteiger partial charge is 0.261 e. The fraction of sp³-hybridized carbons (Fsp3) is 0.559. The highest BCUT2D eigenvalue weighted by Crippen LogP contribution is 2.41. The van der Waals surface area contributed by atoms with E-state index in [4.69, 9.17) is 13.6 Å². The van der Waals surface area contributed by atoms with E-state index in [2.05, 4.69) is 134 Å². The zero-order valence-corrected chi connectivity index (χ0v) is 28.3. The predicted octanol–water partition coefficient (Wildman–Crippen LogP) is 7.28. The summed E-state index contributed by atoms with van der Waals surface area (Å²) in [6.45, 7) is 21.0. The molecule has 2 aromatic carbocycles. The van der Waals surface area contributed by atoms with Crippen LogP contribution in [0.5, 0.6) is 0 Å². The van der Waals surface area contributed by atoms with Crippen molar-refractivity contribution in [3.8, 4) is 0 Å². The van der Waals surface area contributed by atoms with Crippen LogP contribution in [0.2, 0.25) is 23.2 Å². The number of rotatable bonds is 12. The van der Waals surface area contributed by atoms with Gasteiger partial charge in [0.05, 0.1) is 24.9 Å². The van der Waals surface area contributed by atoms with Crippen molar-refractivity contribution in [3.63, 3.8) is 0 Å². The molecule has 4 unspecified atom stereocenters. The maximum atomic E-state index is 11.5. The highest BCUT2D eigenvalue weighted by Gasteiger charge is 2.53. The number of hydrogen-bond acceptors (Lipinski definition) is 4. The van der Waals surface area contributed by atoms with Gasteiger partial charge >= 0.3 is 0 Å². The van der Waals surface area contributed by atoms with Gasteiger partial charge in [-0.25, -0.2) is 0 Å². The van der Waals surface area contributed by atoms with E-state index in [-0.39, 0.29) is 34.3 Å². The number of benzene rings is 2. The van der Waals surface area contributed by atoms with E-state index in [0.717, 1.165) is 19.1 Å². The van der Waals surface area contributed by atoms with E-state index in [1.807, 2.05) is 0 Å². The first-order valence-electron chi connectivity index (χ1n) is 15.0. The Morgan fingerprint density at radius 1 is 0.925 bits per heavy atom. The fourth-order valence-corrected chi connectivity index (χ4v) is 11.6. The summed E-state index contributed by atoms with van der Waals surface area (Å²) in [6.07, 6.45) is 7.38. The summed E-state index contributed by atoms with van der Waals surface area (Å²) in [6, 6.07) is 21.5. The Morgan fingerprint density at radius 3 is 1.93 bits per heavy atom. The summed E-state index contributed by atoms with van der Waals surface area (Å²) in [5.41, 5.74) is 0. The van der Waals surface area contributed by atoms with Gasteiger partial charge in [-0.05, 0) is 46.4 Å². The van der Waals surface area contributed by atoms with Gasteiger partial charge < -0.3 is 18.4 Å². The molecule has 0 aromatic heterocycles. The monoisotopic (exact) mass is 580 g/mol. The SMILES string of the molecule is CCC(/C=C/C1OCC(O[Si](c2ccccc2)(c2ccccc2)C(C)(C)C)C1CCC=O)O[Si](C)(C)C(C)(C)C. The van der Waals surface area contributed by atoms with Gasteiger partial charge in [0.25, 0.3) is 8.32 Å². The zero-order chi connectivity index (χ0) is 29.6. The van der Waals surface area contributed by atoms with Gasteiger partial charge in [-0.3, -0.25) is 0 Å². The second-order valence-corrected chi connectivity index (χ2v) is 22.7. The molecule has 40 heavy (non-hydrogen) atoms. The van der Waals surface area contributed by atoms with Crippen molar-refractivity contribution in [2.24, 2.45) is 5.92 Å². The molecule has 4 nitrogen and oxygen atoms in total. The highest BCUT2D eigenvalue weighted by atomic mass is 28.4. The van der Waals surface area contributed by atoms with Gasteiger partial charge in [-0.1, -0.05) is 121 Å². The van der Waals surface area contributed by atoms with Crippen LogP contribution >= 0.6 is 0 Å². The number of carbonyl (C=O) groups excluding carboxylic acids is 1. The van der Waals surface area contributed by atoms with Crippen LogP contribution in [0.3, 0.4) is 0 Å². The lowest BCUT2D eigenvalue weighted by Gasteiger charge is -2.45. The van der Waals surface area contributed by atoms with E-state index in [0.29, 0.717) is 13.0 Å². The Hall–Kier alpha value is -1.84. The molecule has 1 aliphatic rings. The predicted molar refractivity (Wildman–Crippen MR) is 173 cm³/mol. The summed E-state index contributed by atoms with van der Waals surface area (Å²) in [5, 5.41) is 2.55. The lowest BCUT2D eigenvalue weighted by molar-refractivity contribution is -0.108. The first kappa shape index (κ1) is 32.7. The van der Waals surface area contributed by atoms with Crippen LogP contribution in [0.1, 0.15) is 67.7 Å². The summed E-state index contributed by atoms with van der Waals surface area (Å²) in [4.78, 5) is 11.5. The third kappa shape index (κ3) is 7.32. The van der Waals surface area contributed by atoms with Gasteiger partial charge in [0.2, 0.25) is 0 Å². The minimum Gasteiger partial charge on any atom is -0.411 e. The summed E-state index contributed by atoms with van der Waals surface area (Å²) in [7, 11) is -4.64. The molecule has 0 amide bonds. The number of aldehydes is 1. The minimum atomic E-state index is -2.74. The first-order valence-corrected chi connectivity index (χ1v) is 19.8. The van der Waals surface area contributed by atoms with E-state index < -0.39 is 16.6 Å². The normalized spacial score (nSPS) is 21.6. The van der Waals surface area contributed by atoms with E-state index >= 15 is 0 Å². The molecular formula is C34H52O4Si2. The summed E-state index contributed by atoms with van der Waals surface area (Å²) in [5.74, 6) is 0.0912. The molecule has 0 N–H and O–H groups in total. The molecule has 3 rings (SSSR count). The molecule has 0 bridgehead atoms. The van der Waals surface area contributed by atoms with Crippen LogP contribution in [0.25, 0.3) is 0 Å². The Morgan fingerprint density at radius 2 is 1.48 bits per heavy atom. The average Bonchev–Trinajstić information content (AvgIpc) is 3.28. The van der Waals surface area contributed by atoms with Crippen molar-refractivity contribution in [2.75, 3.05) is 6.61 Å². The van der Waals surface area contributed by atoms with E-state index in [1.54, 1.807) is 0 Å². The molecule has 1 saturated heterocycles. The molecule has 220 valence electrons. The van der Waals surface area contributed by atoms with Gasteiger partial charge in [-0.15, -0.1) is 0 Å². The lowest BCUT2D eigenvalue weighted by atomic mass is 9.93. The molecule has 6 heteroatoms. The zero-order valence-electron chi connectivity index (χ0n) is 26.3. The Balaban J connectivity index is 1.96. The molecule has 2 aromatic rings. The van der Waals surface area contributed by atoms with Crippen molar-refractivity contribution >= 4 is 33.3 Å². The van der Waals surface area contributed by atoms with E-state index in [1.165, 1.54) is 10.4 Å². The maximum Gasteiger partial charge on any atom is 0.261 e. The summed E-state index contributed by atoms with van der Waals surface area (Å²) >= 11 is 0. The molecule has 1 aliphatic heterocycles. The van der Waals surface area contributed by atoms with Crippen LogP contribution in [0.4, 0.5) is 0 Å². The second kappa shape index (κ2) is 13.4. The Labute approximate surface area is 245 Å². The Bertz CT molecular complexity index is 1050. The van der Waals surface area contributed by atoms with Crippen LogP contribution in [-0.2, 0) is 18.4 Å². The third-order valence-electron chi connectivity index (χ3n) is 8.89. The second-order valence-electron chi connectivity index (χ2n) is 13.7.